The molecule has 1 spiro atoms. The molecule has 1 unspecified atom stereocenters. The third-order valence-corrected chi connectivity index (χ3v) is 13.4. The van der Waals surface area contributed by atoms with Crippen molar-refractivity contribution in [3.05, 3.63) is 30.5 Å². The van der Waals surface area contributed by atoms with Crippen molar-refractivity contribution in [1.29, 1.82) is 0 Å². The average Bonchev–Trinajstić information content (AvgIpc) is 3.79. The van der Waals surface area contributed by atoms with Gasteiger partial charge in [0.25, 0.3) is 5.67 Å². The molecule has 16 nitrogen and oxygen atoms in total. The third-order valence-electron chi connectivity index (χ3n) is 13.4. The van der Waals surface area contributed by atoms with Gasteiger partial charge >= 0.3 is 12.1 Å². The third kappa shape index (κ3) is 8.44. The second kappa shape index (κ2) is 17.4. The maximum absolute atomic E-state index is 16.9. The lowest BCUT2D eigenvalue weighted by atomic mass is 9.61. The summed E-state index contributed by atoms with van der Waals surface area (Å²) in [7, 11) is 5.05. The van der Waals surface area contributed by atoms with Gasteiger partial charge in [-0.05, 0) is 79.1 Å². The average molecular weight is 843 g/mol. The summed E-state index contributed by atoms with van der Waals surface area (Å²) in [4.78, 5) is 60.2. The van der Waals surface area contributed by atoms with E-state index in [4.69, 9.17) is 29.4 Å². The Morgan fingerprint density at radius 3 is 2.38 bits per heavy atom. The zero-order valence-electron chi connectivity index (χ0n) is 36.5. The van der Waals surface area contributed by atoms with Crippen molar-refractivity contribution in [2.24, 2.45) is 23.7 Å². The highest BCUT2D eigenvalue weighted by molar-refractivity contribution is 6.08. The topological polar surface area (TPSA) is 198 Å². The highest BCUT2D eigenvalue weighted by atomic mass is 19.1. The number of carbonyl (C=O) groups excluding carboxylic acids is 4. The number of methoxy groups -OCH3 is 1. The first-order chi connectivity index (χ1) is 28.1. The Morgan fingerprint density at radius 2 is 1.73 bits per heavy atom. The maximum Gasteiger partial charge on any atom is 0.410 e. The summed E-state index contributed by atoms with van der Waals surface area (Å²) in [5, 5.41) is 19.9. The minimum absolute atomic E-state index is 0.00169. The summed E-state index contributed by atoms with van der Waals surface area (Å²) in [5.74, 6) is -6.10. The van der Waals surface area contributed by atoms with E-state index in [0.717, 1.165) is 12.5 Å². The first-order valence-electron chi connectivity index (χ1n) is 21.1. The number of aryl methyl sites for hydroxylation is 1. The number of nitrogen functional groups attached to an aromatic ring is 1. The van der Waals surface area contributed by atoms with Crippen LogP contribution in [0.3, 0.4) is 0 Å². The van der Waals surface area contributed by atoms with Gasteiger partial charge in [-0.1, -0.05) is 45.0 Å². The largest absolute Gasteiger partial charge is 0.455 e. The lowest BCUT2D eigenvalue weighted by Crippen LogP contribution is -2.69. The number of rotatable bonds is 10. The number of carbonyl (C=O) groups is 4. The van der Waals surface area contributed by atoms with Gasteiger partial charge in [0.05, 0.1) is 30.0 Å². The van der Waals surface area contributed by atoms with Gasteiger partial charge in [0.2, 0.25) is 0 Å². The predicted molar refractivity (Wildman–Crippen MR) is 217 cm³/mol. The molecule has 3 saturated heterocycles. The Kier molecular flexibility index (Phi) is 13.2. The van der Waals surface area contributed by atoms with E-state index in [0.29, 0.717) is 37.2 Å². The number of anilines is 1. The summed E-state index contributed by atoms with van der Waals surface area (Å²) in [6.45, 7) is 11.8. The molecule has 1 amide bonds. The molecule has 6 rings (SSSR count). The zero-order chi connectivity index (χ0) is 44.1. The molecule has 0 bridgehead atoms. The number of benzene rings is 1. The number of Topliss-reactive ketones (excluding diaryl/α,β-unsaturated/α-hetero) is 2. The summed E-state index contributed by atoms with van der Waals surface area (Å²) in [6, 6.07) is 6.11. The summed E-state index contributed by atoms with van der Waals surface area (Å²) in [6.07, 6.45) is -2.18. The van der Waals surface area contributed by atoms with Gasteiger partial charge in [-0.2, -0.15) is 0 Å². The van der Waals surface area contributed by atoms with Crippen molar-refractivity contribution in [3.63, 3.8) is 0 Å². The number of ether oxygens (including phenoxy) is 5. The summed E-state index contributed by atoms with van der Waals surface area (Å²) < 4.78 is 49.3. The molecular formula is C43H63FN6O10. The van der Waals surface area contributed by atoms with E-state index in [2.05, 4.69) is 10.3 Å². The number of esters is 1. The fourth-order valence-corrected chi connectivity index (χ4v) is 10.1. The fraction of sp³-hybridized carbons (Fsp3) is 0.721. The SMILES string of the molecule is CO[C@@]1(C)C[C@@H](C)C(=O)[C@H](C)[C@H]2N(CCCCn3cc(-c4cccc(N)c4)nn3)C(=O)O[C@@]23CC(C)[C@H]3OC(=O)[C@@](C)(F)C(=O)[C@H](C)[C@H]1O[C@@H]1O[C@H](C)C[C@H](N(C)C)[C@H]1O. The van der Waals surface area contributed by atoms with Crippen molar-refractivity contribution >= 4 is 29.3 Å². The molecule has 60 heavy (non-hydrogen) atoms. The van der Waals surface area contributed by atoms with Gasteiger partial charge in [-0.25, -0.2) is 14.0 Å². The lowest BCUT2D eigenvalue weighted by Gasteiger charge is -2.53. The summed E-state index contributed by atoms with van der Waals surface area (Å²) >= 11 is 0. The lowest BCUT2D eigenvalue weighted by molar-refractivity contribution is -0.295. The van der Waals surface area contributed by atoms with Gasteiger partial charge in [0.15, 0.2) is 17.7 Å². The van der Waals surface area contributed by atoms with Crippen LogP contribution in [0.25, 0.3) is 11.3 Å². The minimum Gasteiger partial charge on any atom is -0.455 e. The van der Waals surface area contributed by atoms with E-state index in [-0.39, 0.29) is 43.2 Å². The number of halogens is 1. The maximum atomic E-state index is 16.9. The molecule has 4 fully saturated rings. The first-order valence-corrected chi connectivity index (χ1v) is 21.1. The normalized spacial score (nSPS) is 39.1. The molecule has 4 heterocycles. The molecule has 1 aromatic heterocycles. The van der Waals surface area contributed by atoms with Crippen LogP contribution in [0.15, 0.2) is 30.5 Å². The highest BCUT2D eigenvalue weighted by Crippen LogP contribution is 2.54. The van der Waals surface area contributed by atoms with Gasteiger partial charge in [-0.3, -0.25) is 14.3 Å². The van der Waals surface area contributed by atoms with Gasteiger partial charge in [-0.15, -0.1) is 5.10 Å². The number of ketones is 2. The minimum atomic E-state index is -3.17. The van der Waals surface area contributed by atoms with Crippen LogP contribution >= 0.6 is 0 Å². The molecule has 0 radical (unpaired) electrons. The van der Waals surface area contributed by atoms with E-state index in [1.54, 1.807) is 38.4 Å². The molecule has 3 N–H and O–H groups in total. The number of unbranched alkanes of at least 4 members (excludes halogenated alkanes) is 1. The van der Waals surface area contributed by atoms with Crippen molar-refractivity contribution in [1.82, 2.24) is 24.8 Å². The molecule has 17 heteroatoms. The quantitative estimate of drug-likeness (QED) is 0.149. The van der Waals surface area contributed by atoms with E-state index in [1.165, 1.54) is 18.9 Å². The Bertz CT molecular complexity index is 1910. The number of alkyl halides is 1. The molecule has 2 aromatic rings. The number of aromatic nitrogens is 3. The van der Waals surface area contributed by atoms with E-state index >= 15 is 4.39 Å². The van der Waals surface area contributed by atoms with Crippen LogP contribution in [0, 0.1) is 23.7 Å². The number of hydrogen-bond donors (Lipinski definition) is 2. The summed E-state index contributed by atoms with van der Waals surface area (Å²) in [5.41, 5.74) is 1.99. The van der Waals surface area contributed by atoms with Crippen LogP contribution in [-0.4, -0.2) is 141 Å². The van der Waals surface area contributed by atoms with Crippen LogP contribution in [0.4, 0.5) is 14.9 Å². The van der Waals surface area contributed by atoms with Crippen molar-refractivity contribution in [2.75, 3.05) is 33.5 Å². The molecule has 3 aliphatic heterocycles. The fourth-order valence-electron chi connectivity index (χ4n) is 10.1. The Morgan fingerprint density at radius 1 is 1.03 bits per heavy atom. The number of hydrogen-bond acceptors (Lipinski definition) is 14. The number of aliphatic hydroxyl groups is 1. The van der Waals surface area contributed by atoms with E-state index in [1.807, 2.05) is 50.3 Å². The standard InChI is InChI=1S/C43H63FN6O10/c1-23-20-41(6,56-10)37(58-38-33(52)31(48(8)9)18-25(3)57-38)27(5)35(53)42(7,44)39(54)59-36-24(2)21-43(36)34(26(4)32(23)51)50(40(55)60-43)17-12-11-16-49-22-30(46-47-49)28-14-13-15-29(45)19-28/h13-15,19,22-27,31,33-34,36-38,52H,11-12,16-18,20-21,45H2,1-10H3/t23-,24?,25-,26+,27+,31+,33-,34-,36-,37-,38+,41+,42+,43+/m1/s1. The Hall–Kier alpha value is -4.03. The Balaban J connectivity index is 1.29. The molecular weight excluding hydrogens is 780 g/mol. The highest BCUT2D eigenvalue weighted by Gasteiger charge is 2.70. The van der Waals surface area contributed by atoms with Gasteiger partial charge in [0.1, 0.15) is 23.7 Å². The number of likely N-dealkylation sites (N-methyl/N-ethyl adjacent to an activating group) is 1. The molecule has 332 valence electrons. The van der Waals surface area contributed by atoms with Crippen LogP contribution in [-0.2, 0) is 44.6 Å². The van der Waals surface area contributed by atoms with Crippen LogP contribution in [0.2, 0.25) is 0 Å². The number of nitrogens with zero attached hydrogens (tertiary/aromatic N) is 5. The van der Waals surface area contributed by atoms with Crippen molar-refractivity contribution < 1.29 is 52.4 Å². The monoisotopic (exact) mass is 842 g/mol. The second-order valence-corrected chi connectivity index (χ2v) is 18.3. The molecule has 14 atom stereocenters. The Labute approximate surface area is 351 Å². The number of aliphatic hydroxyl groups excluding tert-OH is 1. The second-order valence-electron chi connectivity index (χ2n) is 18.3. The predicted octanol–water partition coefficient (Wildman–Crippen LogP) is 4.21. The van der Waals surface area contributed by atoms with E-state index in [9.17, 15) is 24.3 Å². The molecule has 1 aromatic carbocycles. The van der Waals surface area contributed by atoms with Crippen LogP contribution in [0.5, 0.6) is 0 Å². The van der Waals surface area contributed by atoms with Gasteiger partial charge < -0.3 is 44.3 Å². The molecule has 4 aliphatic rings. The van der Waals surface area contributed by atoms with Crippen LogP contribution in [0.1, 0.15) is 80.6 Å². The van der Waals surface area contributed by atoms with Crippen LogP contribution < -0.4 is 5.73 Å². The zero-order valence-corrected chi connectivity index (χ0v) is 36.5. The van der Waals surface area contributed by atoms with Crippen molar-refractivity contribution in [2.45, 2.75) is 147 Å². The first kappa shape index (κ1) is 45.5. The number of amides is 1. The number of nitrogens with two attached hydrogens (primary N) is 1. The van der Waals surface area contributed by atoms with Gasteiger partial charge in [0, 0.05) is 61.2 Å². The van der Waals surface area contributed by atoms with E-state index < -0.39 is 83.1 Å². The van der Waals surface area contributed by atoms with Crippen molar-refractivity contribution in [3.8, 4) is 11.3 Å². The molecule has 1 saturated carbocycles. The smallest absolute Gasteiger partial charge is 0.410 e. The molecule has 1 aliphatic carbocycles.